The third-order valence-electron chi connectivity index (χ3n) is 15.4. The Balaban J connectivity index is 0.762. The number of nitrogens with one attached hydrogen (secondary N) is 5. The lowest BCUT2D eigenvalue weighted by Crippen LogP contribution is -2.55. The van der Waals surface area contributed by atoms with Crippen molar-refractivity contribution in [2.45, 2.75) is 136 Å². The zero-order chi connectivity index (χ0) is 60.5. The molecule has 0 saturated heterocycles. The molecule has 5 amide bonds. The Kier molecular flexibility index (Phi) is 16.7. The first-order chi connectivity index (χ1) is 40.6. The van der Waals surface area contributed by atoms with Crippen LogP contribution in [0.15, 0.2) is 95.8 Å². The highest BCUT2D eigenvalue weighted by Crippen LogP contribution is 2.46. The number of aromatic nitrogens is 2. The predicted molar refractivity (Wildman–Crippen MR) is 309 cm³/mol. The summed E-state index contributed by atoms with van der Waals surface area (Å²) >= 11 is 0. The predicted octanol–water partition coefficient (Wildman–Crippen LogP) is 7.24. The summed E-state index contributed by atoms with van der Waals surface area (Å²) in [6.07, 6.45) is -1.77. The molecular formula is C63H67N7O15. The van der Waals surface area contributed by atoms with Crippen LogP contribution >= 0.6 is 0 Å². The minimum Gasteiger partial charge on any atom is -0.460 e. The fourth-order valence-electron chi connectivity index (χ4n) is 11.1. The number of alkyl carbamates (subject to hydrolysis) is 2. The Bertz CT molecular complexity index is 3680. The summed E-state index contributed by atoms with van der Waals surface area (Å²) in [5.74, 6) is -2.81. The molecule has 2 aromatic heterocycles. The number of esters is 2. The number of carbonyl (C=O) groups excluding carboxylic acids is 7. The first-order valence-corrected chi connectivity index (χ1v) is 28.3. The van der Waals surface area contributed by atoms with Crippen molar-refractivity contribution in [2.24, 2.45) is 5.92 Å². The van der Waals surface area contributed by atoms with E-state index < -0.39 is 76.7 Å². The Labute approximate surface area is 489 Å². The standard InChI is InChI=1S/C63H67N7O15/c1-8-63(79)46-25-50-54-43(28-70(50)58(75)45(46)31-80-59(63)76)42(41-24-51-52(84-32-83-51)26-48(41)67-54)27-64-60(77)81-29-35-17-19-36(20-18-35)66-56(73)47(21-22-53(71)85-62(5,6)7)68-55(72)34(4)65-57(74)49(23-33(2)3)69-61(78)82-30-44-39-15-11-9-13-37(39)38-14-10-12-16-40(38)44/h9-20,24-26,33-34,44,47,49,79H,8,21-23,27-32H2,1-7H3,(H,64,77)(H,65,74)(H,66,73)(H,68,72)(H,69,78)/t34-,47-,49+,63-/m0/s1. The molecule has 85 heavy (non-hydrogen) atoms. The van der Waals surface area contributed by atoms with Crippen LogP contribution < -0.4 is 41.6 Å². The molecule has 444 valence electrons. The molecule has 0 unspecified atom stereocenters. The molecule has 10 rings (SSSR count). The fraction of sp³-hybridized carbons (Fsp3) is 0.381. The smallest absolute Gasteiger partial charge is 0.407 e. The molecule has 22 heteroatoms. The zero-order valence-corrected chi connectivity index (χ0v) is 48.2. The molecule has 0 saturated carbocycles. The van der Waals surface area contributed by atoms with E-state index in [1.807, 2.05) is 62.4 Å². The lowest BCUT2D eigenvalue weighted by atomic mass is 9.86. The van der Waals surface area contributed by atoms with Crippen LogP contribution in [0.1, 0.15) is 119 Å². The van der Waals surface area contributed by atoms with Crippen LogP contribution in [0.5, 0.6) is 11.5 Å². The van der Waals surface area contributed by atoms with E-state index >= 15 is 0 Å². The van der Waals surface area contributed by atoms with Gasteiger partial charge in [-0.25, -0.2) is 19.4 Å². The van der Waals surface area contributed by atoms with Gasteiger partial charge in [-0.15, -0.1) is 0 Å². The molecule has 0 spiro atoms. The van der Waals surface area contributed by atoms with Crippen LogP contribution in [-0.4, -0.2) is 93.6 Å². The Hall–Kier alpha value is -9.31. The summed E-state index contributed by atoms with van der Waals surface area (Å²) in [7, 11) is 0. The zero-order valence-electron chi connectivity index (χ0n) is 48.2. The van der Waals surface area contributed by atoms with Crippen molar-refractivity contribution in [1.82, 2.24) is 30.8 Å². The molecule has 4 aromatic carbocycles. The van der Waals surface area contributed by atoms with E-state index in [1.165, 1.54) is 11.5 Å². The number of fused-ring (bicyclic) bond motifs is 9. The van der Waals surface area contributed by atoms with Crippen molar-refractivity contribution in [1.29, 1.82) is 0 Å². The maximum absolute atomic E-state index is 14.0. The van der Waals surface area contributed by atoms with Crippen molar-refractivity contribution >= 4 is 58.4 Å². The second kappa shape index (κ2) is 24.1. The van der Waals surface area contributed by atoms with Gasteiger partial charge in [0.05, 0.1) is 29.0 Å². The number of ether oxygens (including phenoxy) is 6. The van der Waals surface area contributed by atoms with Gasteiger partial charge in [-0.05, 0) is 111 Å². The molecule has 6 aromatic rings. The lowest BCUT2D eigenvalue weighted by Gasteiger charge is -2.31. The van der Waals surface area contributed by atoms with Crippen LogP contribution in [-0.2, 0) is 74.8 Å². The van der Waals surface area contributed by atoms with Crippen LogP contribution in [0.3, 0.4) is 0 Å². The van der Waals surface area contributed by atoms with Gasteiger partial charge >= 0.3 is 24.1 Å². The van der Waals surface area contributed by atoms with Crippen molar-refractivity contribution in [2.75, 3.05) is 18.7 Å². The summed E-state index contributed by atoms with van der Waals surface area (Å²) in [5.41, 5.74) is 4.63. The van der Waals surface area contributed by atoms with Crippen LogP contribution in [0.25, 0.3) is 33.4 Å². The number of pyridine rings is 2. The Morgan fingerprint density at radius 2 is 1.47 bits per heavy atom. The molecule has 6 N–H and O–H groups in total. The minimum atomic E-state index is -2.02. The van der Waals surface area contributed by atoms with E-state index in [4.69, 9.17) is 33.4 Å². The summed E-state index contributed by atoms with van der Waals surface area (Å²) in [6, 6.07) is 23.8. The number of nitrogens with zero attached hydrogens (tertiary/aromatic N) is 2. The minimum absolute atomic E-state index is 0.00104. The van der Waals surface area contributed by atoms with Gasteiger partial charge in [0.1, 0.15) is 43.5 Å². The van der Waals surface area contributed by atoms with Gasteiger partial charge in [0, 0.05) is 47.2 Å². The molecule has 1 aliphatic carbocycles. The number of aliphatic hydroxyl groups is 1. The molecule has 4 atom stereocenters. The summed E-state index contributed by atoms with van der Waals surface area (Å²) in [4.78, 5) is 113. The number of anilines is 1. The van der Waals surface area contributed by atoms with E-state index in [2.05, 4.69) is 26.6 Å². The molecule has 0 bridgehead atoms. The van der Waals surface area contributed by atoms with Crippen LogP contribution in [0, 0.1) is 5.92 Å². The third-order valence-corrected chi connectivity index (χ3v) is 15.4. The van der Waals surface area contributed by atoms with Crippen molar-refractivity contribution < 1.29 is 67.1 Å². The van der Waals surface area contributed by atoms with E-state index in [1.54, 1.807) is 70.2 Å². The SMILES string of the molecule is CC[C@@]1(O)C(=O)OCc2c1cc1n(c2=O)Cc2c-1nc1cc3c(cc1c2CNC(=O)OCc1ccc(NC(=O)[C@H](CCC(=O)OC(C)(C)C)NC(=O)[C@H](C)NC(=O)[C@@H](CC(C)C)NC(=O)OCC2c4ccccc4-c4ccccc42)cc1)OCO3. The van der Waals surface area contributed by atoms with E-state index in [0.29, 0.717) is 56.2 Å². The van der Waals surface area contributed by atoms with Gasteiger partial charge in [-0.1, -0.05) is 81.4 Å². The number of hydrogen-bond acceptors (Lipinski definition) is 16. The molecule has 4 aliphatic rings. The third kappa shape index (κ3) is 12.5. The van der Waals surface area contributed by atoms with Crippen molar-refractivity contribution in [3.05, 3.63) is 140 Å². The maximum atomic E-state index is 14.0. The van der Waals surface area contributed by atoms with E-state index in [-0.39, 0.29) is 88.3 Å². The van der Waals surface area contributed by atoms with Crippen LogP contribution in [0.4, 0.5) is 15.3 Å². The number of hydrogen-bond donors (Lipinski definition) is 6. The average Bonchev–Trinajstić information content (AvgIpc) is 1.79. The van der Waals surface area contributed by atoms with E-state index in [9.17, 15) is 43.5 Å². The molecule has 3 aliphatic heterocycles. The number of rotatable bonds is 19. The Morgan fingerprint density at radius 1 is 0.788 bits per heavy atom. The summed E-state index contributed by atoms with van der Waals surface area (Å²) in [6.45, 7) is 11.5. The number of cyclic esters (lactones) is 1. The topological polar surface area (TPSA) is 290 Å². The molecule has 5 heterocycles. The monoisotopic (exact) mass is 1160 g/mol. The lowest BCUT2D eigenvalue weighted by molar-refractivity contribution is -0.172. The first-order valence-electron chi connectivity index (χ1n) is 28.3. The van der Waals surface area contributed by atoms with Gasteiger partial charge < -0.3 is 64.7 Å². The highest BCUT2D eigenvalue weighted by atomic mass is 16.7. The summed E-state index contributed by atoms with van der Waals surface area (Å²) in [5, 5.41) is 25.6. The molecular weight excluding hydrogens is 1090 g/mol. The first kappa shape index (κ1) is 58.9. The van der Waals surface area contributed by atoms with Crippen LogP contribution in [0.2, 0.25) is 0 Å². The quantitative estimate of drug-likeness (QED) is 0.0344. The normalized spacial score (nSPS) is 16.3. The van der Waals surface area contributed by atoms with Gasteiger partial charge in [0.15, 0.2) is 17.1 Å². The van der Waals surface area contributed by atoms with Gasteiger partial charge in [-0.3, -0.25) is 24.0 Å². The molecule has 22 nitrogen and oxygen atoms in total. The second-order valence-electron chi connectivity index (χ2n) is 22.9. The largest absolute Gasteiger partial charge is 0.460 e. The van der Waals surface area contributed by atoms with Crippen molar-refractivity contribution in [3.8, 4) is 34.0 Å². The molecule has 0 radical (unpaired) electrons. The van der Waals surface area contributed by atoms with Gasteiger partial charge in [0.25, 0.3) is 5.56 Å². The number of carbonyl (C=O) groups is 7. The van der Waals surface area contributed by atoms with Gasteiger partial charge in [0.2, 0.25) is 24.5 Å². The number of benzene rings is 4. The highest BCUT2D eigenvalue weighted by Gasteiger charge is 2.46. The maximum Gasteiger partial charge on any atom is 0.407 e. The number of amides is 5. The highest BCUT2D eigenvalue weighted by molar-refractivity contribution is 5.99. The van der Waals surface area contributed by atoms with Crippen molar-refractivity contribution in [3.63, 3.8) is 0 Å². The second-order valence-corrected chi connectivity index (χ2v) is 22.9. The Morgan fingerprint density at radius 3 is 2.14 bits per heavy atom. The summed E-state index contributed by atoms with van der Waals surface area (Å²) < 4.78 is 34.9. The molecule has 0 fully saturated rings. The van der Waals surface area contributed by atoms with E-state index in [0.717, 1.165) is 22.3 Å². The fourth-order valence-corrected chi connectivity index (χ4v) is 11.1. The van der Waals surface area contributed by atoms with Gasteiger partial charge in [-0.2, -0.15) is 0 Å². The average molecular weight is 1160 g/mol.